The third-order valence-electron chi connectivity index (χ3n) is 4.04. The molecule has 94 valence electrons. The normalized spacial score (nSPS) is 26.4. The number of ether oxygens (including phenoxy) is 1. The van der Waals surface area contributed by atoms with Gasteiger partial charge in [-0.05, 0) is 25.0 Å². The van der Waals surface area contributed by atoms with E-state index in [-0.39, 0.29) is 0 Å². The van der Waals surface area contributed by atoms with Crippen LogP contribution in [-0.2, 0) is 4.74 Å². The van der Waals surface area contributed by atoms with Gasteiger partial charge in [0.05, 0.1) is 30.6 Å². The van der Waals surface area contributed by atoms with Crippen molar-refractivity contribution in [2.24, 2.45) is 0 Å². The van der Waals surface area contributed by atoms with Gasteiger partial charge >= 0.3 is 0 Å². The zero-order valence-corrected chi connectivity index (χ0v) is 11.1. The summed E-state index contributed by atoms with van der Waals surface area (Å²) >= 11 is 4.38. The molecule has 0 aliphatic carbocycles. The van der Waals surface area contributed by atoms with Gasteiger partial charge in [0.1, 0.15) is 5.65 Å². The molecule has 2 aromatic rings. The van der Waals surface area contributed by atoms with Crippen molar-refractivity contribution in [3.63, 3.8) is 0 Å². The second kappa shape index (κ2) is 3.65. The number of fused-ring (bicyclic) bond motifs is 3. The molecule has 18 heavy (non-hydrogen) atoms. The van der Waals surface area contributed by atoms with Crippen molar-refractivity contribution in [1.82, 2.24) is 8.96 Å². The molecule has 0 amide bonds. The van der Waals surface area contributed by atoms with Crippen molar-refractivity contribution in [2.45, 2.75) is 25.5 Å². The molecule has 0 radical (unpaired) electrons. The molecule has 2 aliphatic heterocycles. The highest BCUT2D eigenvalue weighted by molar-refractivity contribution is 7.78. The molecule has 2 atom stereocenters. The molecule has 0 N–H and O–H groups in total. The van der Waals surface area contributed by atoms with E-state index in [1.165, 1.54) is 16.6 Å². The Kier molecular flexibility index (Phi) is 2.17. The number of morpholine rings is 1. The minimum absolute atomic E-state index is 0.418. The molecule has 2 aliphatic rings. The summed E-state index contributed by atoms with van der Waals surface area (Å²) in [7, 11) is 0. The van der Waals surface area contributed by atoms with Gasteiger partial charge < -0.3 is 9.64 Å². The number of aryl methyl sites for hydroxylation is 1. The van der Waals surface area contributed by atoms with Gasteiger partial charge in [0.15, 0.2) is 0 Å². The lowest BCUT2D eigenvalue weighted by Crippen LogP contribution is -2.36. The average Bonchev–Trinajstić information content (AvgIpc) is 3.05. The lowest BCUT2D eigenvalue weighted by Gasteiger charge is -2.28. The topological polar surface area (TPSA) is 30.3 Å². The van der Waals surface area contributed by atoms with Crippen molar-refractivity contribution in [3.8, 4) is 0 Å². The van der Waals surface area contributed by atoms with Crippen LogP contribution in [0.4, 0.5) is 5.69 Å². The molecule has 5 heteroatoms. The van der Waals surface area contributed by atoms with Crippen LogP contribution in [0.1, 0.15) is 12.0 Å². The summed E-state index contributed by atoms with van der Waals surface area (Å²) in [4.78, 5) is 6.96. The van der Waals surface area contributed by atoms with Gasteiger partial charge in [-0.3, -0.25) is 3.97 Å². The average molecular weight is 261 g/mol. The first-order valence-corrected chi connectivity index (χ1v) is 6.67. The van der Waals surface area contributed by atoms with E-state index in [1.807, 2.05) is 12.4 Å². The highest BCUT2D eigenvalue weighted by Crippen LogP contribution is 2.34. The Labute approximate surface area is 111 Å². The van der Waals surface area contributed by atoms with Crippen molar-refractivity contribution in [1.29, 1.82) is 0 Å². The molecule has 4 rings (SSSR count). The molecule has 0 saturated carbocycles. The van der Waals surface area contributed by atoms with Crippen LogP contribution in [-0.4, -0.2) is 34.3 Å². The van der Waals surface area contributed by atoms with E-state index in [9.17, 15) is 0 Å². The number of thiol groups is 1. The van der Waals surface area contributed by atoms with E-state index in [1.54, 1.807) is 3.97 Å². The summed E-state index contributed by atoms with van der Waals surface area (Å²) in [5, 5.41) is 1.19. The third-order valence-corrected chi connectivity index (χ3v) is 4.35. The third kappa shape index (κ3) is 1.40. The molecule has 0 spiro atoms. The fraction of sp³-hybridized carbons (Fsp3) is 0.462. The number of hydrogen-bond acceptors (Lipinski definition) is 4. The van der Waals surface area contributed by atoms with Crippen LogP contribution in [0, 0.1) is 6.92 Å². The van der Waals surface area contributed by atoms with Gasteiger partial charge in [-0.25, -0.2) is 4.98 Å². The van der Waals surface area contributed by atoms with Crippen LogP contribution in [0.5, 0.6) is 0 Å². The summed E-state index contributed by atoms with van der Waals surface area (Å²) < 4.78 is 7.43. The molecular formula is C13H15N3OS. The van der Waals surface area contributed by atoms with E-state index in [4.69, 9.17) is 4.74 Å². The molecule has 0 aromatic carbocycles. The number of pyridine rings is 1. The smallest absolute Gasteiger partial charge is 0.150 e. The predicted octanol–water partition coefficient (Wildman–Crippen LogP) is 2.02. The van der Waals surface area contributed by atoms with Gasteiger partial charge in [0.25, 0.3) is 0 Å². The molecule has 2 bridgehead atoms. The molecular weight excluding hydrogens is 246 g/mol. The van der Waals surface area contributed by atoms with E-state index in [0.29, 0.717) is 12.1 Å². The van der Waals surface area contributed by atoms with Gasteiger partial charge in [0, 0.05) is 18.1 Å². The zero-order valence-electron chi connectivity index (χ0n) is 10.2. The summed E-state index contributed by atoms with van der Waals surface area (Å²) in [6, 6.07) is 2.76. The van der Waals surface area contributed by atoms with Gasteiger partial charge in [-0.15, -0.1) is 0 Å². The minimum Gasteiger partial charge on any atom is -0.374 e. The van der Waals surface area contributed by atoms with Crippen LogP contribution in [0.3, 0.4) is 0 Å². The lowest BCUT2D eigenvalue weighted by atomic mass is 10.2. The second-order valence-corrected chi connectivity index (χ2v) is 5.65. The summed E-state index contributed by atoms with van der Waals surface area (Å²) in [6.07, 6.45) is 5.53. The summed E-state index contributed by atoms with van der Waals surface area (Å²) in [5.41, 5.74) is 3.36. The lowest BCUT2D eigenvalue weighted by molar-refractivity contribution is 0.0991. The standard InChI is InChI=1S/C13H15N3OS/c1-8-5-16(18)13-12(8)3-9(4-14-13)15-6-11-2-10(15)7-17-11/h3-5,10-11,18H,2,6-7H2,1H3. The van der Waals surface area contributed by atoms with Gasteiger partial charge in [-0.1, -0.05) is 12.8 Å². The Balaban J connectivity index is 1.79. The Morgan fingerprint density at radius 2 is 2.39 bits per heavy atom. The number of hydrogen-bond donors (Lipinski definition) is 1. The fourth-order valence-electron chi connectivity index (χ4n) is 3.11. The summed E-state index contributed by atoms with van der Waals surface area (Å²) in [6.45, 7) is 3.95. The van der Waals surface area contributed by atoms with E-state index < -0.39 is 0 Å². The van der Waals surface area contributed by atoms with E-state index in [2.05, 4.69) is 35.7 Å². The maximum Gasteiger partial charge on any atom is 0.150 e. The largest absolute Gasteiger partial charge is 0.374 e. The van der Waals surface area contributed by atoms with Gasteiger partial charge in [0.2, 0.25) is 0 Å². The highest BCUT2D eigenvalue weighted by Gasteiger charge is 2.39. The Bertz CT molecular complexity index is 624. The molecule has 2 aromatic heterocycles. The minimum atomic E-state index is 0.418. The van der Waals surface area contributed by atoms with Crippen LogP contribution in [0.2, 0.25) is 0 Å². The molecule has 2 unspecified atom stereocenters. The quantitative estimate of drug-likeness (QED) is 0.797. The van der Waals surface area contributed by atoms with Crippen LogP contribution >= 0.6 is 12.8 Å². The Morgan fingerprint density at radius 3 is 3.11 bits per heavy atom. The molecule has 4 nitrogen and oxygen atoms in total. The Hall–Kier alpha value is -1.20. The van der Waals surface area contributed by atoms with Crippen LogP contribution < -0.4 is 4.90 Å². The van der Waals surface area contributed by atoms with Crippen LogP contribution in [0.25, 0.3) is 11.0 Å². The highest BCUT2D eigenvalue weighted by atomic mass is 32.1. The number of aromatic nitrogens is 2. The molecule has 2 saturated heterocycles. The summed E-state index contributed by atoms with van der Waals surface area (Å²) in [5.74, 6) is 0. The number of rotatable bonds is 1. The van der Waals surface area contributed by atoms with Crippen molar-refractivity contribution in [3.05, 3.63) is 24.0 Å². The maximum atomic E-state index is 5.64. The zero-order chi connectivity index (χ0) is 12.3. The van der Waals surface area contributed by atoms with Crippen LogP contribution in [0.15, 0.2) is 18.5 Å². The first-order valence-electron chi connectivity index (χ1n) is 6.27. The SMILES string of the molecule is Cc1cn(S)c2ncc(N3CC4CC3CO4)cc12. The number of nitrogens with zero attached hydrogens (tertiary/aromatic N) is 3. The first-order chi connectivity index (χ1) is 8.72. The Morgan fingerprint density at radius 1 is 1.50 bits per heavy atom. The predicted molar refractivity (Wildman–Crippen MR) is 74.3 cm³/mol. The molecule has 2 fully saturated rings. The second-order valence-electron chi connectivity index (χ2n) is 5.22. The van der Waals surface area contributed by atoms with E-state index >= 15 is 0 Å². The fourth-order valence-corrected chi connectivity index (χ4v) is 3.44. The van der Waals surface area contributed by atoms with Crippen molar-refractivity contribution in [2.75, 3.05) is 18.1 Å². The van der Waals surface area contributed by atoms with Gasteiger partial charge in [-0.2, -0.15) is 0 Å². The maximum absolute atomic E-state index is 5.64. The number of anilines is 1. The van der Waals surface area contributed by atoms with Crippen molar-refractivity contribution >= 4 is 29.5 Å². The van der Waals surface area contributed by atoms with Crippen molar-refractivity contribution < 1.29 is 4.74 Å². The molecule has 4 heterocycles. The van der Waals surface area contributed by atoms with E-state index in [0.717, 1.165) is 25.2 Å². The monoisotopic (exact) mass is 261 g/mol. The first kappa shape index (κ1) is 10.7.